The Morgan fingerprint density at radius 3 is 2.42 bits per heavy atom. The fourth-order valence-corrected chi connectivity index (χ4v) is 3.69. The molecular weight excluding hydrogens is 324 g/mol. The van der Waals surface area contributed by atoms with E-state index in [-0.39, 0.29) is 0 Å². The van der Waals surface area contributed by atoms with Gasteiger partial charge in [-0.1, -0.05) is 0 Å². The topological polar surface area (TPSA) is 46.2 Å². The molecule has 1 aliphatic heterocycles. The average Bonchev–Trinajstić information content (AvgIpc) is 3.30. The molecule has 5 nitrogen and oxygen atoms in total. The number of anilines is 1. The maximum atomic E-state index is 5.13. The average molecular weight is 350 g/mol. The first kappa shape index (κ1) is 16.9. The van der Waals surface area contributed by atoms with E-state index in [0.29, 0.717) is 6.04 Å². The van der Waals surface area contributed by atoms with Crippen LogP contribution < -0.4 is 10.2 Å². The highest BCUT2D eigenvalue weighted by atomic mass is 16.3. The minimum absolute atomic E-state index is 0.579. The van der Waals surface area contributed by atoms with E-state index >= 15 is 0 Å². The summed E-state index contributed by atoms with van der Waals surface area (Å²) in [5.41, 5.74) is 5.85. The van der Waals surface area contributed by atoms with E-state index in [1.165, 1.54) is 16.9 Å². The van der Waals surface area contributed by atoms with Crippen molar-refractivity contribution in [2.75, 3.05) is 18.0 Å². The van der Waals surface area contributed by atoms with E-state index in [0.717, 1.165) is 43.9 Å². The van der Waals surface area contributed by atoms with Gasteiger partial charge in [-0.15, -0.1) is 0 Å². The zero-order chi connectivity index (χ0) is 17.9. The molecule has 3 heterocycles. The van der Waals surface area contributed by atoms with Crippen LogP contribution in [0.25, 0.3) is 5.69 Å². The second-order valence-corrected chi connectivity index (χ2v) is 7.13. The largest absolute Gasteiger partial charge is 0.472 e. The van der Waals surface area contributed by atoms with Crippen LogP contribution in [0, 0.1) is 13.8 Å². The van der Waals surface area contributed by atoms with Gasteiger partial charge in [-0.05, 0) is 63.1 Å². The van der Waals surface area contributed by atoms with Crippen molar-refractivity contribution < 1.29 is 4.42 Å². The van der Waals surface area contributed by atoms with Crippen molar-refractivity contribution in [3.63, 3.8) is 0 Å². The highest BCUT2D eigenvalue weighted by molar-refractivity contribution is 5.51. The number of rotatable bonds is 5. The van der Waals surface area contributed by atoms with Crippen LogP contribution in [0.15, 0.2) is 53.3 Å². The van der Waals surface area contributed by atoms with Gasteiger partial charge in [-0.3, -0.25) is 0 Å². The number of benzene rings is 1. The van der Waals surface area contributed by atoms with Gasteiger partial charge in [-0.2, -0.15) is 5.10 Å². The zero-order valence-corrected chi connectivity index (χ0v) is 15.5. The lowest BCUT2D eigenvalue weighted by Gasteiger charge is -2.34. The van der Waals surface area contributed by atoms with Gasteiger partial charge in [0.25, 0.3) is 0 Å². The van der Waals surface area contributed by atoms with Crippen LogP contribution in [-0.2, 0) is 6.54 Å². The first-order valence-electron chi connectivity index (χ1n) is 9.32. The number of piperidine rings is 1. The van der Waals surface area contributed by atoms with E-state index in [1.54, 1.807) is 6.26 Å². The first-order chi connectivity index (χ1) is 12.7. The lowest BCUT2D eigenvalue weighted by molar-refractivity contribution is 0.413. The quantitative estimate of drug-likeness (QED) is 0.759. The summed E-state index contributed by atoms with van der Waals surface area (Å²) in [5.74, 6) is 0. The molecule has 4 rings (SSSR count). The molecule has 26 heavy (non-hydrogen) atoms. The normalized spacial score (nSPS) is 15.5. The minimum Gasteiger partial charge on any atom is -0.472 e. The van der Waals surface area contributed by atoms with E-state index in [1.807, 2.05) is 23.9 Å². The number of aromatic nitrogens is 2. The van der Waals surface area contributed by atoms with Gasteiger partial charge in [0, 0.05) is 42.6 Å². The first-order valence-corrected chi connectivity index (χ1v) is 9.32. The molecule has 0 unspecified atom stereocenters. The molecule has 0 aliphatic carbocycles. The lowest BCUT2D eigenvalue weighted by atomic mass is 10.0. The lowest BCUT2D eigenvalue weighted by Crippen LogP contribution is -2.42. The molecule has 0 amide bonds. The molecule has 0 radical (unpaired) electrons. The van der Waals surface area contributed by atoms with Gasteiger partial charge in [0.05, 0.1) is 23.9 Å². The highest BCUT2D eigenvalue weighted by Gasteiger charge is 2.19. The van der Waals surface area contributed by atoms with Gasteiger partial charge in [0.1, 0.15) is 0 Å². The predicted molar refractivity (Wildman–Crippen MR) is 104 cm³/mol. The molecule has 136 valence electrons. The summed E-state index contributed by atoms with van der Waals surface area (Å²) in [5, 5.41) is 8.20. The third-order valence-corrected chi connectivity index (χ3v) is 5.14. The third-order valence-electron chi connectivity index (χ3n) is 5.14. The number of nitrogens with zero attached hydrogens (tertiary/aromatic N) is 3. The maximum Gasteiger partial charge on any atom is 0.0947 e. The van der Waals surface area contributed by atoms with Gasteiger partial charge >= 0.3 is 0 Å². The van der Waals surface area contributed by atoms with Crippen LogP contribution >= 0.6 is 0 Å². The van der Waals surface area contributed by atoms with E-state index in [2.05, 4.69) is 52.6 Å². The number of aryl methyl sites for hydroxylation is 2. The number of nitrogens with one attached hydrogen (secondary N) is 1. The summed E-state index contributed by atoms with van der Waals surface area (Å²) in [6.07, 6.45) is 5.87. The van der Waals surface area contributed by atoms with Gasteiger partial charge in [-0.25, -0.2) is 4.68 Å². The fourth-order valence-electron chi connectivity index (χ4n) is 3.69. The van der Waals surface area contributed by atoms with Crippen LogP contribution in [0.1, 0.15) is 29.8 Å². The standard InChI is InChI=1S/C21H26N4O/c1-16-13-17(2)25(23-16)21-5-3-20(4-6-21)24-10-7-19(8-11-24)22-14-18-9-12-26-15-18/h3-6,9,12-13,15,19,22H,7-8,10-11,14H2,1-2H3. The third kappa shape index (κ3) is 3.68. The Hall–Kier alpha value is -2.53. The SMILES string of the molecule is Cc1cc(C)n(-c2ccc(N3CCC(NCc4ccoc4)CC3)cc2)n1. The second kappa shape index (κ2) is 7.38. The van der Waals surface area contributed by atoms with Crippen molar-refractivity contribution >= 4 is 5.69 Å². The number of hydrogen-bond acceptors (Lipinski definition) is 4. The van der Waals surface area contributed by atoms with Gasteiger partial charge < -0.3 is 14.6 Å². The monoisotopic (exact) mass is 350 g/mol. The van der Waals surface area contributed by atoms with Crippen LogP contribution in [0.4, 0.5) is 5.69 Å². The molecule has 0 spiro atoms. The van der Waals surface area contributed by atoms with Crippen molar-refractivity contribution in [1.29, 1.82) is 0 Å². The Morgan fingerprint density at radius 2 is 1.81 bits per heavy atom. The highest BCUT2D eigenvalue weighted by Crippen LogP contribution is 2.22. The Morgan fingerprint density at radius 1 is 1.08 bits per heavy atom. The van der Waals surface area contributed by atoms with Crippen LogP contribution in [-0.4, -0.2) is 28.9 Å². The van der Waals surface area contributed by atoms with Crippen molar-refractivity contribution in [1.82, 2.24) is 15.1 Å². The summed E-state index contributed by atoms with van der Waals surface area (Å²) < 4.78 is 7.13. The summed E-state index contributed by atoms with van der Waals surface area (Å²) in [7, 11) is 0. The molecule has 2 aromatic heterocycles. The van der Waals surface area contributed by atoms with E-state index in [4.69, 9.17) is 4.42 Å². The summed E-state index contributed by atoms with van der Waals surface area (Å²) in [6, 6.07) is 13.5. The Kier molecular flexibility index (Phi) is 4.80. The zero-order valence-electron chi connectivity index (χ0n) is 15.5. The van der Waals surface area contributed by atoms with Crippen molar-refractivity contribution in [3.8, 4) is 5.69 Å². The number of hydrogen-bond donors (Lipinski definition) is 1. The van der Waals surface area contributed by atoms with Gasteiger partial charge in [0.2, 0.25) is 0 Å². The molecular formula is C21H26N4O. The smallest absolute Gasteiger partial charge is 0.0947 e. The maximum absolute atomic E-state index is 5.13. The predicted octanol–water partition coefficient (Wildman–Crippen LogP) is 3.84. The number of furan rings is 1. The molecule has 1 N–H and O–H groups in total. The van der Waals surface area contributed by atoms with E-state index < -0.39 is 0 Å². The molecule has 1 aliphatic rings. The van der Waals surface area contributed by atoms with Crippen LogP contribution in [0.2, 0.25) is 0 Å². The second-order valence-electron chi connectivity index (χ2n) is 7.13. The minimum atomic E-state index is 0.579. The summed E-state index contributed by atoms with van der Waals surface area (Å²) >= 11 is 0. The van der Waals surface area contributed by atoms with Gasteiger partial charge in [0.15, 0.2) is 0 Å². The molecule has 0 atom stereocenters. The van der Waals surface area contributed by atoms with Crippen molar-refractivity contribution in [2.24, 2.45) is 0 Å². The van der Waals surface area contributed by atoms with Crippen molar-refractivity contribution in [2.45, 2.75) is 39.3 Å². The summed E-state index contributed by atoms with van der Waals surface area (Å²) in [6.45, 7) is 7.18. The molecule has 1 fully saturated rings. The van der Waals surface area contributed by atoms with E-state index in [9.17, 15) is 0 Å². The van der Waals surface area contributed by atoms with Crippen LogP contribution in [0.3, 0.4) is 0 Å². The fraction of sp³-hybridized carbons (Fsp3) is 0.381. The summed E-state index contributed by atoms with van der Waals surface area (Å²) in [4.78, 5) is 2.47. The Bertz CT molecular complexity index is 828. The molecule has 0 saturated carbocycles. The molecule has 3 aromatic rings. The molecule has 5 heteroatoms. The Balaban J connectivity index is 1.33. The molecule has 1 saturated heterocycles. The molecule has 1 aromatic carbocycles. The Labute approximate surface area is 154 Å². The van der Waals surface area contributed by atoms with Crippen molar-refractivity contribution in [3.05, 3.63) is 65.9 Å². The molecule has 0 bridgehead atoms. The van der Waals surface area contributed by atoms with Crippen LogP contribution in [0.5, 0.6) is 0 Å².